The lowest BCUT2D eigenvalue weighted by molar-refractivity contribution is 0.0697. The van der Waals surface area contributed by atoms with Gasteiger partial charge in [-0.2, -0.15) is 0 Å². The van der Waals surface area contributed by atoms with Gasteiger partial charge in [0.1, 0.15) is 0 Å². The van der Waals surface area contributed by atoms with Crippen LogP contribution in [0.15, 0.2) is 23.8 Å². The number of amides is 2. The van der Waals surface area contributed by atoms with Gasteiger partial charge in [-0.15, -0.1) is 11.3 Å². The Morgan fingerprint density at radius 2 is 2.00 bits per heavy atom. The van der Waals surface area contributed by atoms with Crippen molar-refractivity contribution in [2.45, 2.75) is 6.54 Å². The molecule has 0 radical (unpaired) electrons. The van der Waals surface area contributed by atoms with Crippen molar-refractivity contribution in [3.63, 3.8) is 0 Å². The molecule has 3 N–H and O–H groups in total. The maximum atomic E-state index is 13.1. The van der Waals surface area contributed by atoms with E-state index in [0.29, 0.717) is 12.1 Å². The molecule has 2 aromatic rings. The van der Waals surface area contributed by atoms with Crippen LogP contribution in [0.2, 0.25) is 0 Å². The van der Waals surface area contributed by atoms with Crippen molar-refractivity contribution >= 4 is 29.0 Å². The molecular weight excluding hydrogens is 304 g/mol. The Bertz CT molecular complexity index is 677. The molecule has 0 spiro atoms. The molecule has 2 amide bonds. The number of hydrogen-bond donors (Lipinski definition) is 3. The maximum absolute atomic E-state index is 13.1. The van der Waals surface area contributed by atoms with Crippen molar-refractivity contribution in [3.8, 4) is 0 Å². The number of anilines is 1. The third-order valence-corrected chi connectivity index (χ3v) is 3.23. The highest BCUT2D eigenvalue weighted by molar-refractivity contribution is 7.09. The van der Waals surface area contributed by atoms with Crippen molar-refractivity contribution in [1.82, 2.24) is 10.3 Å². The summed E-state index contributed by atoms with van der Waals surface area (Å²) >= 11 is 1.33. The molecule has 1 heterocycles. The largest absolute Gasteiger partial charge is 0.478 e. The highest BCUT2D eigenvalue weighted by Crippen LogP contribution is 2.20. The second kappa shape index (κ2) is 6.27. The van der Waals surface area contributed by atoms with Gasteiger partial charge in [-0.25, -0.2) is 18.4 Å². The first-order chi connectivity index (χ1) is 9.97. The normalized spacial score (nSPS) is 10.2. The summed E-state index contributed by atoms with van der Waals surface area (Å²) in [6, 6.07) is 0.388. The minimum atomic E-state index is -1.48. The number of carboxylic acid groups (broad SMARTS) is 1. The standard InChI is InChI=1S/C12H9F2N3O3S/c13-8-1-7(11(18)19)10(2-9(8)14)17-12(20)16-4-6-3-15-5-21-6/h1-3,5H,4H2,(H,18,19)(H2,16,17,20). The molecule has 1 aromatic carbocycles. The fourth-order valence-corrected chi connectivity index (χ4v) is 2.02. The van der Waals surface area contributed by atoms with Gasteiger partial charge < -0.3 is 15.7 Å². The van der Waals surface area contributed by atoms with Crippen molar-refractivity contribution in [2.24, 2.45) is 0 Å². The third-order valence-electron chi connectivity index (χ3n) is 2.45. The first-order valence-electron chi connectivity index (χ1n) is 5.62. The van der Waals surface area contributed by atoms with Crippen LogP contribution in [0.1, 0.15) is 15.2 Å². The van der Waals surface area contributed by atoms with Crippen molar-refractivity contribution < 1.29 is 23.5 Å². The van der Waals surface area contributed by atoms with Crippen LogP contribution in [-0.4, -0.2) is 22.1 Å². The van der Waals surface area contributed by atoms with Gasteiger partial charge in [0.2, 0.25) is 0 Å². The monoisotopic (exact) mass is 313 g/mol. The Morgan fingerprint density at radius 3 is 2.62 bits per heavy atom. The molecule has 110 valence electrons. The average molecular weight is 313 g/mol. The smallest absolute Gasteiger partial charge is 0.337 e. The molecule has 0 atom stereocenters. The summed E-state index contributed by atoms with van der Waals surface area (Å²) in [4.78, 5) is 27.2. The van der Waals surface area contributed by atoms with Gasteiger partial charge in [0.05, 0.1) is 23.3 Å². The van der Waals surface area contributed by atoms with Crippen LogP contribution in [0.4, 0.5) is 19.3 Å². The first kappa shape index (κ1) is 14.9. The topological polar surface area (TPSA) is 91.3 Å². The summed E-state index contributed by atoms with van der Waals surface area (Å²) in [6.45, 7) is 0.183. The molecule has 0 saturated heterocycles. The highest BCUT2D eigenvalue weighted by Gasteiger charge is 2.17. The lowest BCUT2D eigenvalue weighted by atomic mass is 10.1. The minimum absolute atomic E-state index is 0.183. The number of aromatic nitrogens is 1. The number of aromatic carboxylic acids is 1. The average Bonchev–Trinajstić information content (AvgIpc) is 2.93. The zero-order valence-corrected chi connectivity index (χ0v) is 11.2. The molecule has 0 aliphatic carbocycles. The fourth-order valence-electron chi connectivity index (χ4n) is 1.49. The van der Waals surface area contributed by atoms with Crippen molar-refractivity contribution in [1.29, 1.82) is 0 Å². The molecule has 0 fully saturated rings. The molecule has 2 rings (SSSR count). The summed E-state index contributed by atoms with van der Waals surface area (Å²) in [5.41, 5.74) is 0.720. The number of carbonyl (C=O) groups is 2. The van der Waals surface area contributed by atoms with Gasteiger partial charge >= 0.3 is 12.0 Å². The number of carboxylic acids is 1. The van der Waals surface area contributed by atoms with Crippen LogP contribution < -0.4 is 10.6 Å². The van der Waals surface area contributed by atoms with E-state index in [1.54, 1.807) is 11.7 Å². The number of thiazole rings is 1. The number of rotatable bonds is 4. The van der Waals surface area contributed by atoms with E-state index in [0.717, 1.165) is 4.88 Å². The van der Waals surface area contributed by atoms with Crippen LogP contribution in [0.3, 0.4) is 0 Å². The predicted molar refractivity (Wildman–Crippen MR) is 71.3 cm³/mol. The number of hydrogen-bond acceptors (Lipinski definition) is 4. The molecule has 0 bridgehead atoms. The van der Waals surface area contributed by atoms with E-state index >= 15 is 0 Å². The molecule has 1 aromatic heterocycles. The van der Waals surface area contributed by atoms with E-state index in [-0.39, 0.29) is 12.2 Å². The van der Waals surface area contributed by atoms with E-state index in [9.17, 15) is 18.4 Å². The number of nitrogens with zero attached hydrogens (tertiary/aromatic N) is 1. The number of carbonyl (C=O) groups excluding carboxylic acids is 1. The predicted octanol–water partition coefficient (Wildman–Crippen LogP) is 2.44. The van der Waals surface area contributed by atoms with Crippen molar-refractivity contribution in [2.75, 3.05) is 5.32 Å². The number of halogens is 2. The Hall–Kier alpha value is -2.55. The Balaban J connectivity index is 2.09. The van der Waals surface area contributed by atoms with Crippen LogP contribution in [-0.2, 0) is 6.54 Å². The lowest BCUT2D eigenvalue weighted by Crippen LogP contribution is -2.28. The minimum Gasteiger partial charge on any atom is -0.478 e. The molecule has 21 heavy (non-hydrogen) atoms. The highest BCUT2D eigenvalue weighted by atomic mass is 32.1. The number of urea groups is 1. The number of benzene rings is 1. The zero-order chi connectivity index (χ0) is 15.4. The first-order valence-corrected chi connectivity index (χ1v) is 6.50. The van der Waals surface area contributed by atoms with Gasteiger partial charge in [0.25, 0.3) is 0 Å². The van der Waals surface area contributed by atoms with Gasteiger partial charge in [-0.1, -0.05) is 0 Å². The summed E-state index contributed by atoms with van der Waals surface area (Å²) in [5.74, 6) is -4.03. The van der Waals surface area contributed by atoms with Crippen LogP contribution in [0.5, 0.6) is 0 Å². The van der Waals surface area contributed by atoms with Gasteiger partial charge in [0.15, 0.2) is 11.6 Å². The van der Waals surface area contributed by atoms with Gasteiger partial charge in [0, 0.05) is 17.1 Å². The van der Waals surface area contributed by atoms with E-state index in [4.69, 9.17) is 5.11 Å². The Morgan fingerprint density at radius 1 is 1.29 bits per heavy atom. The second-order valence-electron chi connectivity index (χ2n) is 3.89. The summed E-state index contributed by atoms with van der Waals surface area (Å²) in [7, 11) is 0. The quantitative estimate of drug-likeness (QED) is 0.808. The van der Waals surface area contributed by atoms with E-state index in [2.05, 4.69) is 15.6 Å². The summed E-state index contributed by atoms with van der Waals surface area (Å²) in [5, 5.41) is 13.5. The Kier molecular flexibility index (Phi) is 4.43. The van der Waals surface area contributed by atoms with E-state index < -0.39 is 29.2 Å². The fraction of sp³-hybridized carbons (Fsp3) is 0.0833. The second-order valence-corrected chi connectivity index (χ2v) is 4.86. The molecular formula is C12H9F2N3O3S. The molecule has 0 aliphatic rings. The SMILES string of the molecule is O=C(NCc1cncs1)Nc1cc(F)c(F)cc1C(=O)O. The maximum Gasteiger partial charge on any atom is 0.337 e. The zero-order valence-electron chi connectivity index (χ0n) is 10.4. The summed E-state index contributed by atoms with van der Waals surface area (Å²) in [6.07, 6.45) is 1.56. The van der Waals surface area contributed by atoms with E-state index in [1.165, 1.54) is 11.3 Å². The Labute approximate surface area is 121 Å². The van der Waals surface area contributed by atoms with Crippen molar-refractivity contribution in [3.05, 3.63) is 45.9 Å². The van der Waals surface area contributed by atoms with Gasteiger partial charge in [-0.3, -0.25) is 4.98 Å². The number of nitrogens with one attached hydrogen (secondary N) is 2. The third kappa shape index (κ3) is 3.72. The molecule has 0 unspecified atom stereocenters. The van der Waals surface area contributed by atoms with E-state index in [1.807, 2.05) is 0 Å². The van der Waals surface area contributed by atoms with Crippen LogP contribution >= 0.6 is 11.3 Å². The molecule has 6 nitrogen and oxygen atoms in total. The van der Waals surface area contributed by atoms with Gasteiger partial charge in [-0.05, 0) is 6.07 Å². The van der Waals surface area contributed by atoms with Crippen LogP contribution in [0.25, 0.3) is 0 Å². The molecule has 0 aliphatic heterocycles. The molecule has 9 heteroatoms. The van der Waals surface area contributed by atoms with Crippen LogP contribution in [0, 0.1) is 11.6 Å². The molecule has 0 saturated carbocycles. The summed E-state index contributed by atoms with van der Waals surface area (Å²) < 4.78 is 26.2. The lowest BCUT2D eigenvalue weighted by Gasteiger charge is -2.10.